The van der Waals surface area contributed by atoms with Gasteiger partial charge in [0.1, 0.15) is 0 Å². The molecule has 0 N–H and O–H groups in total. The normalized spacial score (nSPS) is 39.8. The summed E-state index contributed by atoms with van der Waals surface area (Å²) in [5, 5.41) is 0. The van der Waals surface area contributed by atoms with Gasteiger partial charge in [0.2, 0.25) is 0 Å². The molecule has 0 radical (unpaired) electrons. The molecule has 1 fully saturated rings. The Morgan fingerprint density at radius 2 is 2.25 bits per heavy atom. The molecule has 0 unspecified atom stereocenters. The molecular formula is C6H11BrS. The van der Waals surface area contributed by atoms with Crippen LogP contribution >= 0.6 is 27.7 Å². The third-order valence-corrected chi connectivity index (χ3v) is 3.93. The lowest BCUT2D eigenvalue weighted by molar-refractivity contribution is 0.587. The smallest absolute Gasteiger partial charge is 0.0239 e. The standard InChI is InChI=1S/C6H11BrS/c1-5-2-6(7)4-8-3-5/h5-6H,2-4H2,1H3/t5-,6-/m0/s1. The van der Waals surface area contributed by atoms with Gasteiger partial charge >= 0.3 is 0 Å². The largest absolute Gasteiger partial charge is 0.161 e. The molecule has 0 nitrogen and oxygen atoms in total. The molecule has 8 heavy (non-hydrogen) atoms. The molecule has 0 aromatic rings. The number of alkyl halides is 1. The van der Waals surface area contributed by atoms with E-state index in [4.69, 9.17) is 0 Å². The summed E-state index contributed by atoms with van der Waals surface area (Å²) in [6.07, 6.45) is 1.37. The van der Waals surface area contributed by atoms with Crippen LogP contribution in [0.3, 0.4) is 0 Å². The Hall–Kier alpha value is 0.830. The molecule has 0 amide bonds. The van der Waals surface area contributed by atoms with Gasteiger partial charge in [-0.15, -0.1) is 0 Å². The Kier molecular flexibility index (Phi) is 2.70. The molecule has 0 saturated carbocycles. The highest BCUT2D eigenvalue weighted by Crippen LogP contribution is 2.26. The van der Waals surface area contributed by atoms with Crippen LogP contribution in [-0.2, 0) is 0 Å². The van der Waals surface area contributed by atoms with E-state index in [1.54, 1.807) is 0 Å². The minimum Gasteiger partial charge on any atom is -0.161 e. The van der Waals surface area contributed by atoms with Gasteiger partial charge in [0.15, 0.2) is 0 Å². The van der Waals surface area contributed by atoms with Crippen LogP contribution in [0.2, 0.25) is 0 Å². The first-order chi connectivity index (χ1) is 3.79. The maximum Gasteiger partial charge on any atom is 0.0239 e. The van der Waals surface area contributed by atoms with Crippen molar-refractivity contribution in [3.8, 4) is 0 Å². The van der Waals surface area contributed by atoms with Crippen LogP contribution in [0.5, 0.6) is 0 Å². The SMILES string of the molecule is C[C@@H]1CSC[C@@H](Br)C1. The second-order valence-corrected chi connectivity index (χ2v) is 4.85. The highest BCUT2D eigenvalue weighted by atomic mass is 79.9. The van der Waals surface area contributed by atoms with Crippen molar-refractivity contribution in [3.05, 3.63) is 0 Å². The Bertz CT molecular complexity index is 66.9. The highest BCUT2D eigenvalue weighted by molar-refractivity contribution is 9.09. The molecule has 0 bridgehead atoms. The van der Waals surface area contributed by atoms with Crippen molar-refractivity contribution in [3.63, 3.8) is 0 Å². The lowest BCUT2D eigenvalue weighted by Gasteiger charge is -2.21. The van der Waals surface area contributed by atoms with Crippen LogP contribution in [0.25, 0.3) is 0 Å². The number of rotatable bonds is 0. The van der Waals surface area contributed by atoms with Crippen molar-refractivity contribution in [2.24, 2.45) is 5.92 Å². The maximum absolute atomic E-state index is 3.61. The van der Waals surface area contributed by atoms with Crippen LogP contribution in [0.15, 0.2) is 0 Å². The van der Waals surface area contributed by atoms with Gasteiger partial charge in [0, 0.05) is 10.6 Å². The summed E-state index contributed by atoms with van der Waals surface area (Å²) >= 11 is 5.67. The molecule has 0 spiro atoms. The van der Waals surface area contributed by atoms with E-state index in [2.05, 4.69) is 34.6 Å². The zero-order valence-electron chi connectivity index (χ0n) is 5.06. The van der Waals surface area contributed by atoms with Crippen molar-refractivity contribution in [2.75, 3.05) is 11.5 Å². The summed E-state index contributed by atoms with van der Waals surface area (Å²) in [6.45, 7) is 2.32. The van der Waals surface area contributed by atoms with Gasteiger partial charge in [-0.2, -0.15) is 11.8 Å². The van der Waals surface area contributed by atoms with Crippen molar-refractivity contribution in [2.45, 2.75) is 18.2 Å². The zero-order chi connectivity index (χ0) is 5.98. The zero-order valence-corrected chi connectivity index (χ0v) is 7.46. The van der Waals surface area contributed by atoms with Gasteiger partial charge in [0.05, 0.1) is 0 Å². The molecule has 1 rings (SSSR count). The molecule has 0 aliphatic carbocycles. The fourth-order valence-electron chi connectivity index (χ4n) is 0.970. The predicted molar refractivity (Wildman–Crippen MR) is 43.8 cm³/mol. The number of hydrogen-bond donors (Lipinski definition) is 0. The number of hydrogen-bond acceptors (Lipinski definition) is 1. The quantitative estimate of drug-likeness (QED) is 0.535. The Morgan fingerprint density at radius 3 is 2.62 bits per heavy atom. The fraction of sp³-hybridized carbons (Fsp3) is 1.00. The predicted octanol–water partition coefficient (Wildman–Crippen LogP) is 2.52. The first-order valence-electron chi connectivity index (χ1n) is 3.01. The Morgan fingerprint density at radius 1 is 1.50 bits per heavy atom. The third-order valence-electron chi connectivity index (χ3n) is 1.36. The van der Waals surface area contributed by atoms with Crippen molar-refractivity contribution >= 4 is 27.7 Å². The second-order valence-electron chi connectivity index (χ2n) is 2.48. The first kappa shape index (κ1) is 6.94. The summed E-state index contributed by atoms with van der Waals surface area (Å²) in [6, 6.07) is 0. The van der Waals surface area contributed by atoms with E-state index in [0.29, 0.717) is 0 Å². The Labute approximate surface area is 63.5 Å². The van der Waals surface area contributed by atoms with E-state index in [1.165, 1.54) is 17.9 Å². The van der Waals surface area contributed by atoms with Crippen molar-refractivity contribution in [1.82, 2.24) is 0 Å². The van der Waals surface area contributed by atoms with E-state index in [0.717, 1.165) is 10.7 Å². The molecule has 0 aromatic carbocycles. The van der Waals surface area contributed by atoms with Crippen LogP contribution in [0, 0.1) is 5.92 Å². The van der Waals surface area contributed by atoms with E-state index in [-0.39, 0.29) is 0 Å². The lowest BCUT2D eigenvalue weighted by Crippen LogP contribution is -2.16. The summed E-state index contributed by atoms with van der Waals surface area (Å²) in [7, 11) is 0. The van der Waals surface area contributed by atoms with Gasteiger partial charge in [0.25, 0.3) is 0 Å². The molecule has 2 heteroatoms. The van der Waals surface area contributed by atoms with Gasteiger partial charge in [-0.05, 0) is 18.1 Å². The van der Waals surface area contributed by atoms with Crippen molar-refractivity contribution in [1.29, 1.82) is 0 Å². The van der Waals surface area contributed by atoms with E-state index < -0.39 is 0 Å². The lowest BCUT2D eigenvalue weighted by atomic mass is 10.1. The maximum atomic E-state index is 3.61. The first-order valence-corrected chi connectivity index (χ1v) is 5.08. The summed E-state index contributed by atoms with van der Waals surface area (Å²) < 4.78 is 0. The summed E-state index contributed by atoms with van der Waals surface area (Å²) in [5.74, 6) is 3.60. The molecule has 1 aliphatic heterocycles. The van der Waals surface area contributed by atoms with Gasteiger partial charge in [-0.25, -0.2) is 0 Å². The molecule has 2 atom stereocenters. The van der Waals surface area contributed by atoms with Crippen LogP contribution in [-0.4, -0.2) is 16.3 Å². The number of thioether (sulfide) groups is 1. The minimum atomic E-state index is 0.788. The van der Waals surface area contributed by atoms with Gasteiger partial charge < -0.3 is 0 Å². The molecule has 1 aliphatic rings. The van der Waals surface area contributed by atoms with Crippen LogP contribution in [0.4, 0.5) is 0 Å². The summed E-state index contributed by atoms with van der Waals surface area (Å²) in [4.78, 5) is 0.788. The van der Waals surface area contributed by atoms with Gasteiger partial charge in [-0.3, -0.25) is 0 Å². The third kappa shape index (κ3) is 1.98. The molecule has 0 aromatic heterocycles. The van der Waals surface area contributed by atoms with Crippen LogP contribution in [0.1, 0.15) is 13.3 Å². The molecule has 1 heterocycles. The van der Waals surface area contributed by atoms with E-state index in [1.807, 2.05) is 0 Å². The molecular weight excluding hydrogens is 184 g/mol. The van der Waals surface area contributed by atoms with Crippen LogP contribution < -0.4 is 0 Å². The Balaban J connectivity index is 2.23. The second kappa shape index (κ2) is 3.11. The highest BCUT2D eigenvalue weighted by Gasteiger charge is 2.15. The van der Waals surface area contributed by atoms with Gasteiger partial charge in [-0.1, -0.05) is 22.9 Å². The fourth-order valence-corrected chi connectivity index (χ4v) is 3.24. The number of halogens is 1. The average Bonchev–Trinajstić information content (AvgIpc) is 1.64. The van der Waals surface area contributed by atoms with Crippen molar-refractivity contribution < 1.29 is 0 Å². The minimum absolute atomic E-state index is 0.788. The molecule has 48 valence electrons. The summed E-state index contributed by atoms with van der Waals surface area (Å²) in [5.41, 5.74) is 0. The van der Waals surface area contributed by atoms with E-state index >= 15 is 0 Å². The average molecular weight is 195 g/mol. The molecule has 1 saturated heterocycles. The topological polar surface area (TPSA) is 0 Å². The monoisotopic (exact) mass is 194 g/mol. The van der Waals surface area contributed by atoms with E-state index in [9.17, 15) is 0 Å².